The molecule has 0 aliphatic rings. The fourth-order valence-corrected chi connectivity index (χ4v) is 2.65. The monoisotopic (exact) mass is 228 g/mol. The third kappa shape index (κ3) is 3.27. The molecule has 1 rings (SSSR count). The molecule has 2 nitrogen and oxygen atoms in total. The summed E-state index contributed by atoms with van der Waals surface area (Å²) in [6.07, 6.45) is 1.97. The van der Waals surface area contributed by atoms with Gasteiger partial charge in [0, 0.05) is 5.08 Å². The molecule has 0 aliphatic carbocycles. The van der Waals surface area contributed by atoms with E-state index in [4.69, 9.17) is 5.11 Å². The van der Waals surface area contributed by atoms with Crippen LogP contribution >= 0.6 is 23.5 Å². The predicted molar refractivity (Wildman–Crippen MR) is 62.8 cm³/mol. The van der Waals surface area contributed by atoms with Crippen LogP contribution < -0.4 is 0 Å². The highest BCUT2D eigenvalue weighted by atomic mass is 32.2. The van der Waals surface area contributed by atoms with E-state index < -0.39 is 11.2 Å². The van der Waals surface area contributed by atoms with Crippen LogP contribution in [0.4, 0.5) is 0 Å². The van der Waals surface area contributed by atoms with E-state index in [9.17, 15) is 4.79 Å². The molecule has 4 heteroatoms. The number of aliphatic carboxylic acids is 1. The standard InChI is InChI=1S/C10H12O2S2/c1-13-7-14-9(10(11)12)8-5-3-2-4-6-8/h2-6,9H,7H2,1H3,(H,11,12). The summed E-state index contributed by atoms with van der Waals surface area (Å²) in [6, 6.07) is 9.33. The lowest BCUT2D eigenvalue weighted by molar-refractivity contribution is -0.136. The van der Waals surface area contributed by atoms with Crippen molar-refractivity contribution in [3.8, 4) is 0 Å². The molecule has 0 spiro atoms. The maximum absolute atomic E-state index is 11.0. The van der Waals surface area contributed by atoms with Crippen molar-refractivity contribution < 1.29 is 9.90 Å². The third-order valence-electron chi connectivity index (χ3n) is 1.68. The van der Waals surface area contributed by atoms with Gasteiger partial charge >= 0.3 is 5.97 Å². The Balaban J connectivity index is 2.73. The first-order valence-electron chi connectivity index (χ1n) is 4.14. The van der Waals surface area contributed by atoms with Crippen molar-refractivity contribution in [2.45, 2.75) is 5.25 Å². The average Bonchev–Trinajstić information content (AvgIpc) is 2.19. The van der Waals surface area contributed by atoms with E-state index in [0.29, 0.717) is 0 Å². The smallest absolute Gasteiger partial charge is 0.321 e. The summed E-state index contributed by atoms with van der Waals surface area (Å²) < 4.78 is 0. The summed E-state index contributed by atoms with van der Waals surface area (Å²) in [6.45, 7) is 0. The predicted octanol–water partition coefficient (Wildman–Crippen LogP) is 2.87. The number of carboxylic acid groups (broad SMARTS) is 1. The van der Waals surface area contributed by atoms with Crippen molar-refractivity contribution in [1.82, 2.24) is 0 Å². The maximum atomic E-state index is 11.0. The molecule has 0 radical (unpaired) electrons. The van der Waals surface area contributed by atoms with E-state index >= 15 is 0 Å². The summed E-state index contributed by atoms with van der Waals surface area (Å²) >= 11 is 3.09. The van der Waals surface area contributed by atoms with E-state index in [1.807, 2.05) is 36.6 Å². The van der Waals surface area contributed by atoms with Gasteiger partial charge in [0.2, 0.25) is 0 Å². The fraction of sp³-hybridized carbons (Fsp3) is 0.300. The Morgan fingerprint density at radius 1 is 1.43 bits per heavy atom. The van der Waals surface area contributed by atoms with E-state index in [1.54, 1.807) is 11.8 Å². The van der Waals surface area contributed by atoms with E-state index in [1.165, 1.54) is 11.8 Å². The lowest BCUT2D eigenvalue weighted by Gasteiger charge is -2.10. The Labute approximate surface area is 92.1 Å². The zero-order chi connectivity index (χ0) is 10.4. The van der Waals surface area contributed by atoms with Crippen molar-refractivity contribution in [2.75, 3.05) is 11.3 Å². The second-order valence-electron chi connectivity index (χ2n) is 2.70. The summed E-state index contributed by atoms with van der Waals surface area (Å²) in [5.74, 6) is -0.768. The average molecular weight is 228 g/mol. The van der Waals surface area contributed by atoms with E-state index in [2.05, 4.69) is 0 Å². The van der Waals surface area contributed by atoms with E-state index in [-0.39, 0.29) is 0 Å². The van der Waals surface area contributed by atoms with Crippen molar-refractivity contribution in [3.63, 3.8) is 0 Å². The first-order valence-corrected chi connectivity index (χ1v) is 6.58. The highest BCUT2D eigenvalue weighted by molar-refractivity contribution is 8.16. The first-order chi connectivity index (χ1) is 6.75. The second kappa shape index (κ2) is 5.98. The van der Waals surface area contributed by atoms with Crippen LogP contribution in [0.25, 0.3) is 0 Å². The molecule has 1 N–H and O–H groups in total. The van der Waals surface area contributed by atoms with Gasteiger partial charge in [-0.15, -0.1) is 11.8 Å². The highest BCUT2D eigenvalue weighted by Gasteiger charge is 2.19. The van der Waals surface area contributed by atoms with Gasteiger partial charge in [0.1, 0.15) is 5.25 Å². The first kappa shape index (κ1) is 11.5. The van der Waals surface area contributed by atoms with Gasteiger partial charge in [-0.05, 0) is 11.8 Å². The topological polar surface area (TPSA) is 37.3 Å². The van der Waals surface area contributed by atoms with Crippen molar-refractivity contribution in [3.05, 3.63) is 35.9 Å². The number of hydrogen-bond donors (Lipinski definition) is 1. The van der Waals surface area contributed by atoms with Gasteiger partial charge in [-0.2, -0.15) is 11.8 Å². The zero-order valence-corrected chi connectivity index (χ0v) is 9.48. The molecule has 1 aromatic rings. The normalized spacial score (nSPS) is 12.4. The van der Waals surface area contributed by atoms with Crippen LogP contribution in [0.1, 0.15) is 10.8 Å². The third-order valence-corrected chi connectivity index (χ3v) is 3.97. The molecule has 0 aliphatic heterocycles. The Morgan fingerprint density at radius 3 is 2.57 bits per heavy atom. The molecular weight excluding hydrogens is 216 g/mol. The minimum absolute atomic E-state index is 0.441. The molecule has 0 saturated carbocycles. The molecule has 0 aromatic heterocycles. The van der Waals surface area contributed by atoms with Gasteiger partial charge in [-0.3, -0.25) is 4.79 Å². The van der Waals surface area contributed by atoms with Gasteiger partial charge in [0.25, 0.3) is 0 Å². The van der Waals surface area contributed by atoms with Crippen LogP contribution in [0.5, 0.6) is 0 Å². The molecule has 0 amide bonds. The van der Waals surface area contributed by atoms with Gasteiger partial charge in [-0.25, -0.2) is 0 Å². The van der Waals surface area contributed by atoms with Crippen molar-refractivity contribution >= 4 is 29.5 Å². The number of thioether (sulfide) groups is 2. The molecule has 76 valence electrons. The van der Waals surface area contributed by atoms with Gasteiger partial charge < -0.3 is 5.11 Å². The number of rotatable bonds is 5. The molecule has 0 bridgehead atoms. The Bertz CT molecular complexity index is 287. The van der Waals surface area contributed by atoms with Crippen LogP contribution in [-0.4, -0.2) is 22.4 Å². The fourth-order valence-electron chi connectivity index (χ4n) is 1.07. The summed E-state index contributed by atoms with van der Waals surface area (Å²) in [7, 11) is 0. The molecule has 14 heavy (non-hydrogen) atoms. The molecule has 1 aromatic carbocycles. The van der Waals surface area contributed by atoms with E-state index in [0.717, 1.165) is 10.6 Å². The molecule has 0 heterocycles. The van der Waals surface area contributed by atoms with Crippen LogP contribution in [0.15, 0.2) is 30.3 Å². The van der Waals surface area contributed by atoms with Crippen LogP contribution in [0.2, 0.25) is 0 Å². The Morgan fingerprint density at radius 2 is 2.07 bits per heavy atom. The van der Waals surface area contributed by atoms with Crippen LogP contribution in [-0.2, 0) is 4.79 Å². The Hall–Kier alpha value is -0.610. The second-order valence-corrected chi connectivity index (χ2v) is 5.03. The molecule has 1 atom stereocenters. The number of carbonyl (C=O) groups is 1. The number of benzene rings is 1. The minimum Gasteiger partial charge on any atom is -0.480 e. The Kier molecular flexibility index (Phi) is 4.90. The quantitative estimate of drug-likeness (QED) is 0.786. The maximum Gasteiger partial charge on any atom is 0.321 e. The molecule has 1 unspecified atom stereocenters. The summed E-state index contributed by atoms with van der Waals surface area (Å²) in [4.78, 5) is 11.0. The van der Waals surface area contributed by atoms with Gasteiger partial charge in [-0.1, -0.05) is 30.3 Å². The van der Waals surface area contributed by atoms with Crippen LogP contribution in [0, 0.1) is 0 Å². The number of carboxylic acids is 1. The van der Waals surface area contributed by atoms with Gasteiger partial charge in [0.05, 0.1) is 0 Å². The van der Waals surface area contributed by atoms with Crippen molar-refractivity contribution in [2.24, 2.45) is 0 Å². The van der Waals surface area contributed by atoms with Crippen LogP contribution in [0.3, 0.4) is 0 Å². The number of hydrogen-bond acceptors (Lipinski definition) is 3. The molecule has 0 saturated heterocycles. The largest absolute Gasteiger partial charge is 0.480 e. The molecule has 0 fully saturated rings. The summed E-state index contributed by atoms with van der Waals surface area (Å²) in [5.41, 5.74) is 0.860. The van der Waals surface area contributed by atoms with Crippen molar-refractivity contribution in [1.29, 1.82) is 0 Å². The lowest BCUT2D eigenvalue weighted by Crippen LogP contribution is -2.07. The van der Waals surface area contributed by atoms with Gasteiger partial charge in [0.15, 0.2) is 0 Å². The highest BCUT2D eigenvalue weighted by Crippen LogP contribution is 2.30. The SMILES string of the molecule is CSCSC(C(=O)O)c1ccccc1. The minimum atomic E-state index is -0.768. The summed E-state index contributed by atoms with van der Waals surface area (Å²) in [5, 5.41) is 9.38. The lowest BCUT2D eigenvalue weighted by atomic mass is 10.1. The molecular formula is C10H12O2S2. The zero-order valence-electron chi connectivity index (χ0n) is 7.84.